The molecule has 1 aliphatic carbocycles. The van der Waals surface area contributed by atoms with Gasteiger partial charge in [0.25, 0.3) is 0 Å². The first-order valence-electron chi connectivity index (χ1n) is 7.26. The summed E-state index contributed by atoms with van der Waals surface area (Å²) in [5, 5.41) is 2.65. The minimum absolute atomic E-state index is 0.0743. The number of nitrogens with one attached hydrogen (secondary N) is 1. The highest BCUT2D eigenvalue weighted by molar-refractivity contribution is 6.18. The normalized spacial score (nSPS) is 25.2. The fourth-order valence-corrected chi connectivity index (χ4v) is 2.86. The summed E-state index contributed by atoms with van der Waals surface area (Å²) in [6.07, 6.45) is -0.968. The van der Waals surface area contributed by atoms with Crippen LogP contribution < -0.4 is 5.32 Å². The summed E-state index contributed by atoms with van der Waals surface area (Å²) in [6.45, 7) is 2.44. The first kappa shape index (κ1) is 17.6. The van der Waals surface area contributed by atoms with Gasteiger partial charge >= 0.3 is 6.18 Å². The average Bonchev–Trinajstić information content (AvgIpc) is 2.42. The van der Waals surface area contributed by atoms with E-state index in [0.717, 1.165) is 12.8 Å². The summed E-state index contributed by atoms with van der Waals surface area (Å²) >= 11 is 5.67. The lowest BCUT2D eigenvalue weighted by Gasteiger charge is -2.32. The van der Waals surface area contributed by atoms with Gasteiger partial charge in [-0.05, 0) is 31.6 Å². The number of rotatable bonds is 6. The molecule has 0 spiro atoms. The van der Waals surface area contributed by atoms with E-state index < -0.39 is 23.9 Å². The third-order valence-corrected chi connectivity index (χ3v) is 4.49. The smallest absolute Gasteiger partial charge is 0.356 e. The number of carbonyl (C=O) groups is 1. The zero-order valence-electron chi connectivity index (χ0n) is 11.8. The van der Waals surface area contributed by atoms with Gasteiger partial charge in [0.1, 0.15) is 0 Å². The number of carbonyl (C=O) groups excluding carboxylic acids is 1. The van der Waals surface area contributed by atoms with Gasteiger partial charge in [-0.2, -0.15) is 13.2 Å². The van der Waals surface area contributed by atoms with Crippen molar-refractivity contribution in [2.75, 3.05) is 12.4 Å². The Morgan fingerprint density at radius 1 is 1.35 bits per heavy atom. The van der Waals surface area contributed by atoms with Crippen LogP contribution in [0.4, 0.5) is 13.2 Å². The molecule has 118 valence electrons. The van der Waals surface area contributed by atoms with Crippen LogP contribution in [0, 0.1) is 17.8 Å². The monoisotopic (exact) mass is 313 g/mol. The van der Waals surface area contributed by atoms with Crippen molar-refractivity contribution in [1.29, 1.82) is 0 Å². The Balaban J connectivity index is 2.40. The van der Waals surface area contributed by atoms with Crippen LogP contribution in [-0.2, 0) is 4.79 Å². The average molecular weight is 314 g/mol. The fraction of sp³-hybridized carbons (Fsp3) is 0.929. The van der Waals surface area contributed by atoms with E-state index >= 15 is 0 Å². The maximum Gasteiger partial charge on any atom is 0.392 e. The predicted molar refractivity (Wildman–Crippen MR) is 73.6 cm³/mol. The molecule has 1 rings (SSSR count). The van der Waals surface area contributed by atoms with E-state index in [0.29, 0.717) is 37.6 Å². The minimum Gasteiger partial charge on any atom is -0.356 e. The first-order chi connectivity index (χ1) is 9.36. The Labute approximate surface area is 123 Å². The number of alkyl halides is 4. The molecule has 6 heteroatoms. The van der Waals surface area contributed by atoms with Crippen LogP contribution in [0.2, 0.25) is 0 Å². The lowest BCUT2D eigenvalue weighted by molar-refractivity contribution is -0.198. The van der Waals surface area contributed by atoms with Gasteiger partial charge < -0.3 is 5.32 Å². The molecule has 0 aromatic rings. The van der Waals surface area contributed by atoms with Crippen LogP contribution in [0.3, 0.4) is 0 Å². The van der Waals surface area contributed by atoms with Crippen molar-refractivity contribution < 1.29 is 18.0 Å². The van der Waals surface area contributed by atoms with Crippen molar-refractivity contribution in [3.05, 3.63) is 0 Å². The second-order valence-electron chi connectivity index (χ2n) is 5.73. The second-order valence-corrected chi connectivity index (χ2v) is 6.04. The molecule has 1 amide bonds. The van der Waals surface area contributed by atoms with Crippen molar-refractivity contribution in [2.24, 2.45) is 17.8 Å². The van der Waals surface area contributed by atoms with Gasteiger partial charge in [-0.25, -0.2) is 0 Å². The van der Waals surface area contributed by atoms with E-state index in [9.17, 15) is 18.0 Å². The summed E-state index contributed by atoms with van der Waals surface area (Å²) in [7, 11) is 0. The highest BCUT2D eigenvalue weighted by Crippen LogP contribution is 2.41. The number of hydrogen-bond acceptors (Lipinski definition) is 1. The fourth-order valence-electron chi connectivity index (χ4n) is 2.71. The van der Waals surface area contributed by atoms with Gasteiger partial charge in [-0.3, -0.25) is 4.79 Å². The van der Waals surface area contributed by atoms with Crippen LogP contribution in [0.1, 0.15) is 45.4 Å². The number of hydrogen-bond donors (Lipinski definition) is 1. The molecule has 2 nitrogen and oxygen atoms in total. The van der Waals surface area contributed by atoms with Crippen molar-refractivity contribution >= 4 is 17.5 Å². The number of halogens is 4. The molecule has 20 heavy (non-hydrogen) atoms. The molecule has 1 aliphatic rings. The SMILES string of the molecule is CC(CCl)CCCNC(=O)C1CCCCC1C(F)(F)F. The third kappa shape index (κ3) is 5.51. The summed E-state index contributed by atoms with van der Waals surface area (Å²) < 4.78 is 38.7. The molecule has 3 atom stereocenters. The Kier molecular flexibility index (Phi) is 7.13. The zero-order valence-corrected chi connectivity index (χ0v) is 12.6. The van der Waals surface area contributed by atoms with E-state index in [4.69, 9.17) is 11.6 Å². The molecule has 0 saturated heterocycles. The predicted octanol–water partition coefficient (Wildman–Crippen LogP) is 4.13. The molecule has 0 aromatic carbocycles. The van der Waals surface area contributed by atoms with Crippen molar-refractivity contribution in [2.45, 2.75) is 51.6 Å². The van der Waals surface area contributed by atoms with E-state index in [1.165, 1.54) is 0 Å². The quantitative estimate of drug-likeness (QED) is 0.580. The number of amides is 1. The van der Waals surface area contributed by atoms with Gasteiger partial charge in [-0.1, -0.05) is 19.8 Å². The molecule has 0 aromatic heterocycles. The van der Waals surface area contributed by atoms with Gasteiger partial charge in [0.15, 0.2) is 0 Å². The van der Waals surface area contributed by atoms with Gasteiger partial charge in [0.2, 0.25) is 5.91 Å². The Morgan fingerprint density at radius 2 is 2.00 bits per heavy atom. The standard InChI is InChI=1S/C14H23ClF3NO/c1-10(9-15)5-4-8-19-13(20)11-6-2-3-7-12(11)14(16,17)18/h10-12H,2-9H2,1H3,(H,19,20). The molecule has 1 N–H and O–H groups in total. The molecular formula is C14H23ClF3NO. The Hall–Kier alpha value is -0.450. The van der Waals surface area contributed by atoms with Crippen LogP contribution in [0.15, 0.2) is 0 Å². The van der Waals surface area contributed by atoms with Crippen LogP contribution in [0.25, 0.3) is 0 Å². The van der Waals surface area contributed by atoms with Crippen molar-refractivity contribution in [1.82, 2.24) is 5.32 Å². The third-order valence-electron chi connectivity index (χ3n) is 3.96. The molecule has 3 unspecified atom stereocenters. The minimum atomic E-state index is -4.27. The van der Waals surface area contributed by atoms with Crippen LogP contribution >= 0.6 is 11.6 Å². The Morgan fingerprint density at radius 3 is 2.60 bits per heavy atom. The summed E-state index contributed by atoms with van der Waals surface area (Å²) in [6, 6.07) is 0. The lowest BCUT2D eigenvalue weighted by Crippen LogP contribution is -2.42. The molecular weight excluding hydrogens is 291 g/mol. The molecule has 0 radical (unpaired) electrons. The summed E-state index contributed by atoms with van der Waals surface area (Å²) in [5.41, 5.74) is 0. The second kappa shape index (κ2) is 8.11. The van der Waals surface area contributed by atoms with E-state index in [1.807, 2.05) is 6.92 Å². The van der Waals surface area contributed by atoms with Gasteiger partial charge in [-0.15, -0.1) is 11.6 Å². The molecule has 0 heterocycles. The van der Waals surface area contributed by atoms with E-state index in [-0.39, 0.29) is 6.42 Å². The Bertz CT molecular complexity index is 309. The van der Waals surface area contributed by atoms with E-state index in [1.54, 1.807) is 0 Å². The molecule has 1 fully saturated rings. The van der Waals surface area contributed by atoms with E-state index in [2.05, 4.69) is 5.32 Å². The lowest BCUT2D eigenvalue weighted by atomic mass is 9.78. The highest BCUT2D eigenvalue weighted by Gasteiger charge is 2.47. The van der Waals surface area contributed by atoms with Crippen molar-refractivity contribution in [3.8, 4) is 0 Å². The molecule has 1 saturated carbocycles. The maximum atomic E-state index is 12.9. The van der Waals surface area contributed by atoms with Gasteiger partial charge in [0.05, 0.1) is 5.92 Å². The largest absolute Gasteiger partial charge is 0.392 e. The first-order valence-corrected chi connectivity index (χ1v) is 7.80. The topological polar surface area (TPSA) is 29.1 Å². The molecule has 0 aliphatic heterocycles. The van der Waals surface area contributed by atoms with Gasteiger partial charge in [0, 0.05) is 18.3 Å². The summed E-state index contributed by atoms with van der Waals surface area (Å²) in [5.74, 6) is -1.89. The maximum absolute atomic E-state index is 12.9. The summed E-state index contributed by atoms with van der Waals surface area (Å²) in [4.78, 5) is 11.9. The molecule has 0 bridgehead atoms. The zero-order chi connectivity index (χ0) is 15.2. The highest BCUT2D eigenvalue weighted by atomic mass is 35.5. The van der Waals surface area contributed by atoms with Crippen LogP contribution in [-0.4, -0.2) is 24.5 Å². The van der Waals surface area contributed by atoms with Crippen LogP contribution in [0.5, 0.6) is 0 Å². The van der Waals surface area contributed by atoms with Crippen molar-refractivity contribution in [3.63, 3.8) is 0 Å².